The molecule has 1 heterocycles. The van der Waals surface area contributed by atoms with E-state index < -0.39 is 12.1 Å². The molecule has 1 aromatic heterocycles. The number of hydrogen-bond donors (Lipinski definition) is 0. The molecular formula is C17H18O5. The fourth-order valence-electron chi connectivity index (χ4n) is 2.11. The number of furan rings is 1. The molecule has 1 aromatic carbocycles. The molecule has 0 bridgehead atoms. The Balaban J connectivity index is 2.22. The molecule has 1 unspecified atom stereocenters. The van der Waals surface area contributed by atoms with Crippen LogP contribution in [0.4, 0.5) is 0 Å². The van der Waals surface area contributed by atoms with Crippen molar-refractivity contribution < 1.29 is 23.5 Å². The van der Waals surface area contributed by atoms with E-state index in [1.807, 2.05) is 13.0 Å². The van der Waals surface area contributed by atoms with Crippen molar-refractivity contribution in [3.63, 3.8) is 0 Å². The molecule has 0 radical (unpaired) electrons. The maximum atomic E-state index is 12.1. The van der Waals surface area contributed by atoms with E-state index >= 15 is 0 Å². The van der Waals surface area contributed by atoms with Crippen molar-refractivity contribution in [2.24, 2.45) is 0 Å². The molecule has 0 aliphatic heterocycles. The predicted octanol–water partition coefficient (Wildman–Crippen LogP) is 3.80. The summed E-state index contributed by atoms with van der Waals surface area (Å²) < 4.78 is 16.0. The lowest BCUT2D eigenvalue weighted by Gasteiger charge is -2.15. The summed E-state index contributed by atoms with van der Waals surface area (Å²) in [5.74, 6) is -0.287. The van der Waals surface area contributed by atoms with Crippen LogP contribution in [0.3, 0.4) is 0 Å². The number of carbonyl (C=O) groups is 2. The molecule has 0 spiro atoms. The molecule has 0 N–H and O–H groups in total. The monoisotopic (exact) mass is 302 g/mol. The Morgan fingerprint density at radius 2 is 2.00 bits per heavy atom. The van der Waals surface area contributed by atoms with Gasteiger partial charge in [0, 0.05) is 5.56 Å². The number of ether oxygens (including phenoxy) is 2. The lowest BCUT2D eigenvalue weighted by Crippen LogP contribution is -2.12. The molecule has 2 aromatic rings. The average molecular weight is 302 g/mol. The minimum atomic E-state index is -0.564. The third-order valence-electron chi connectivity index (χ3n) is 3.19. The van der Waals surface area contributed by atoms with Crippen LogP contribution in [0.5, 0.6) is 5.95 Å². The van der Waals surface area contributed by atoms with E-state index in [4.69, 9.17) is 13.9 Å². The molecule has 0 fully saturated rings. The molecule has 0 aliphatic carbocycles. The average Bonchev–Trinajstić information content (AvgIpc) is 2.96. The van der Waals surface area contributed by atoms with E-state index in [0.29, 0.717) is 30.4 Å². The minimum Gasteiger partial charge on any atom is -0.465 e. The number of carbonyl (C=O) groups excluding carboxylic acids is 2. The smallest absolute Gasteiger partial charge is 0.338 e. The van der Waals surface area contributed by atoms with Gasteiger partial charge in [-0.05, 0) is 25.5 Å². The van der Waals surface area contributed by atoms with Gasteiger partial charge in [0.1, 0.15) is 17.9 Å². The summed E-state index contributed by atoms with van der Waals surface area (Å²) in [7, 11) is 0. The van der Waals surface area contributed by atoms with Crippen molar-refractivity contribution in [3.8, 4) is 5.95 Å². The molecule has 0 saturated heterocycles. The molecule has 5 nitrogen and oxygen atoms in total. The normalized spacial score (nSPS) is 11.7. The predicted molar refractivity (Wildman–Crippen MR) is 80.2 cm³/mol. The summed E-state index contributed by atoms with van der Waals surface area (Å²) in [6.45, 7) is 4.04. The van der Waals surface area contributed by atoms with Gasteiger partial charge in [-0.25, -0.2) is 4.79 Å². The summed E-state index contributed by atoms with van der Waals surface area (Å²) >= 11 is 0. The van der Waals surface area contributed by atoms with Crippen molar-refractivity contribution >= 4 is 12.3 Å². The van der Waals surface area contributed by atoms with Crippen LogP contribution in [-0.4, -0.2) is 18.9 Å². The van der Waals surface area contributed by atoms with Gasteiger partial charge in [0.05, 0.1) is 12.2 Å². The largest absolute Gasteiger partial charge is 0.465 e. The Morgan fingerprint density at radius 1 is 1.27 bits per heavy atom. The Bertz CT molecular complexity index is 630. The van der Waals surface area contributed by atoms with E-state index in [1.165, 1.54) is 6.26 Å². The second-order valence-electron chi connectivity index (χ2n) is 4.61. The molecule has 116 valence electrons. The number of aldehydes is 1. The van der Waals surface area contributed by atoms with Crippen molar-refractivity contribution in [1.82, 2.24) is 0 Å². The number of benzene rings is 1. The van der Waals surface area contributed by atoms with Crippen LogP contribution in [-0.2, 0) is 4.74 Å². The molecule has 0 aliphatic rings. The standard InChI is InChI=1S/C17H18O5/c1-3-15(22-16(19)12-8-6-5-7-9-12)14-11-21-17(20-4-2)13(14)10-18/h5-11,15H,3-4H2,1-2H3. The van der Waals surface area contributed by atoms with Crippen LogP contribution in [0.1, 0.15) is 52.7 Å². The van der Waals surface area contributed by atoms with Crippen LogP contribution in [0.15, 0.2) is 41.0 Å². The molecule has 0 saturated carbocycles. The van der Waals surface area contributed by atoms with Crippen LogP contribution in [0, 0.1) is 0 Å². The third-order valence-corrected chi connectivity index (χ3v) is 3.19. The zero-order valence-corrected chi connectivity index (χ0v) is 12.6. The number of hydrogen-bond acceptors (Lipinski definition) is 5. The zero-order valence-electron chi connectivity index (χ0n) is 12.6. The summed E-state index contributed by atoms with van der Waals surface area (Å²) in [5.41, 5.74) is 1.27. The maximum absolute atomic E-state index is 12.1. The Morgan fingerprint density at radius 3 is 2.59 bits per heavy atom. The van der Waals surface area contributed by atoms with Crippen molar-refractivity contribution in [2.75, 3.05) is 6.61 Å². The first-order valence-corrected chi connectivity index (χ1v) is 7.16. The van der Waals surface area contributed by atoms with Gasteiger partial charge in [0.25, 0.3) is 5.95 Å². The Hall–Kier alpha value is -2.56. The highest BCUT2D eigenvalue weighted by atomic mass is 16.6. The van der Waals surface area contributed by atoms with Gasteiger partial charge in [-0.2, -0.15) is 0 Å². The van der Waals surface area contributed by atoms with E-state index in [-0.39, 0.29) is 11.5 Å². The highest BCUT2D eigenvalue weighted by Gasteiger charge is 2.24. The van der Waals surface area contributed by atoms with Gasteiger partial charge < -0.3 is 13.9 Å². The summed E-state index contributed by atoms with van der Waals surface area (Å²) in [6.07, 6.45) is 2.01. The van der Waals surface area contributed by atoms with Gasteiger partial charge in [0.15, 0.2) is 6.29 Å². The minimum absolute atomic E-state index is 0.154. The highest BCUT2D eigenvalue weighted by molar-refractivity contribution is 5.89. The fourth-order valence-corrected chi connectivity index (χ4v) is 2.11. The molecule has 2 rings (SSSR count). The van der Waals surface area contributed by atoms with E-state index in [2.05, 4.69) is 0 Å². The Kier molecular flexibility index (Phi) is 5.36. The van der Waals surface area contributed by atoms with Gasteiger partial charge in [-0.1, -0.05) is 25.1 Å². The summed E-state index contributed by atoms with van der Waals surface area (Å²) in [6, 6.07) is 8.70. The van der Waals surface area contributed by atoms with Gasteiger partial charge in [-0.3, -0.25) is 4.79 Å². The SMILES string of the molecule is CCOc1occ(C(CC)OC(=O)c2ccccc2)c1C=O. The second-order valence-corrected chi connectivity index (χ2v) is 4.61. The van der Waals surface area contributed by atoms with Crippen LogP contribution >= 0.6 is 0 Å². The van der Waals surface area contributed by atoms with E-state index in [1.54, 1.807) is 31.2 Å². The molecule has 22 heavy (non-hydrogen) atoms. The topological polar surface area (TPSA) is 65.7 Å². The van der Waals surface area contributed by atoms with E-state index in [9.17, 15) is 9.59 Å². The van der Waals surface area contributed by atoms with Crippen molar-refractivity contribution in [3.05, 3.63) is 53.3 Å². The lowest BCUT2D eigenvalue weighted by molar-refractivity contribution is 0.0285. The van der Waals surface area contributed by atoms with Crippen molar-refractivity contribution in [2.45, 2.75) is 26.4 Å². The van der Waals surface area contributed by atoms with Crippen LogP contribution < -0.4 is 4.74 Å². The lowest BCUT2D eigenvalue weighted by atomic mass is 10.1. The summed E-state index contributed by atoms with van der Waals surface area (Å²) in [5, 5.41) is 0. The molecule has 5 heteroatoms. The summed E-state index contributed by atoms with van der Waals surface area (Å²) in [4.78, 5) is 23.4. The first-order chi connectivity index (χ1) is 10.7. The Labute approximate surface area is 128 Å². The molecular weight excluding hydrogens is 284 g/mol. The van der Waals surface area contributed by atoms with Gasteiger partial charge >= 0.3 is 5.97 Å². The van der Waals surface area contributed by atoms with Crippen molar-refractivity contribution in [1.29, 1.82) is 0 Å². The highest BCUT2D eigenvalue weighted by Crippen LogP contribution is 2.32. The maximum Gasteiger partial charge on any atom is 0.338 e. The molecule has 0 amide bonds. The first kappa shape index (κ1) is 15.8. The fraction of sp³-hybridized carbons (Fsp3) is 0.294. The second kappa shape index (κ2) is 7.45. The van der Waals surface area contributed by atoms with Crippen LogP contribution in [0.2, 0.25) is 0 Å². The number of rotatable bonds is 7. The molecule has 1 atom stereocenters. The van der Waals surface area contributed by atoms with Crippen LogP contribution in [0.25, 0.3) is 0 Å². The van der Waals surface area contributed by atoms with Gasteiger partial charge in [-0.15, -0.1) is 0 Å². The first-order valence-electron chi connectivity index (χ1n) is 7.16. The van der Waals surface area contributed by atoms with E-state index in [0.717, 1.165) is 0 Å². The quantitative estimate of drug-likeness (QED) is 0.575. The third kappa shape index (κ3) is 3.36. The number of esters is 1. The zero-order chi connectivity index (χ0) is 15.9. The van der Waals surface area contributed by atoms with Gasteiger partial charge in [0.2, 0.25) is 0 Å².